The average molecular weight is 2080 g/mol. The molecular formula is C98H131N17O27S3. The molecule has 145 heavy (non-hydrogen) atoms. The number of nitrogens with zero attached hydrogens (tertiary/aromatic N) is 4. The number of fused-ring (bicyclic) bond motifs is 29. The highest BCUT2D eigenvalue weighted by Crippen LogP contribution is 2.34. The maximum atomic E-state index is 15.3. The first-order valence-electron chi connectivity index (χ1n) is 48.2. The number of amides is 16. The number of carbonyl (C=O) groups is 22. The Bertz CT molecular complexity index is 5380. The summed E-state index contributed by atoms with van der Waals surface area (Å²) < 4.78 is 0. The zero-order chi connectivity index (χ0) is 106. The van der Waals surface area contributed by atoms with E-state index in [2.05, 4.69) is 63.4 Å². The summed E-state index contributed by atoms with van der Waals surface area (Å²) in [5.41, 5.74) is 11.4. The SMILES string of the molecule is C[C@H]1CSCC(=O)N2CCC(CC2)N2C3CCN(CC3)C(=O)CSC[C@@H](C(N)=O)CC(=O)[C@H](C(C)(C)C)NC(=O)[C@H](CC(=O)O)NC(=O)[C@H](Cc3ccc(O)cc3)NC(=O)[C@H](Cc3ccccc3)NC(=O)[C@H](CC(=O)O)NC(=O)[C@H](CCC(=O)O)NC(=O)[C@H](CSCC(=O)N3CCC2CC3)NC(=O)[C@@H](C)NC(=O)[C@H](Cc2cccc3ccccc23)CC(=O)[C@H](CCC(=O)O)NC(=O)[C@H](CC(N)=O)NC(=O)[C@@H](C)NC1=O. The zero-order valence-corrected chi connectivity index (χ0v) is 84.1. The van der Waals surface area contributed by atoms with Crippen molar-refractivity contribution in [1.82, 2.24) is 78.1 Å². The molecule has 8 aliphatic rings. The van der Waals surface area contributed by atoms with Gasteiger partial charge in [-0.3, -0.25) is 110 Å². The van der Waals surface area contributed by atoms with Crippen LogP contribution in [0.3, 0.4) is 0 Å². The second kappa shape index (κ2) is 55.1. The molecule has 8 aliphatic heterocycles. The van der Waals surface area contributed by atoms with Crippen molar-refractivity contribution in [2.45, 2.75) is 242 Å². The molecule has 0 spiro atoms. The molecule has 0 radical (unpaired) electrons. The molecule has 8 saturated heterocycles. The molecular weight excluding hydrogens is 1940 g/mol. The second-order valence-corrected chi connectivity index (χ2v) is 41.3. The lowest BCUT2D eigenvalue weighted by molar-refractivity contribution is -0.142. The van der Waals surface area contributed by atoms with Crippen LogP contribution in [-0.4, -0.2) is 333 Å². The number of aromatic hydroxyl groups is 1. The molecule has 8 fully saturated rings. The minimum absolute atomic E-state index is 0.0426. The van der Waals surface area contributed by atoms with Gasteiger partial charge in [-0.05, 0) is 117 Å². The predicted molar refractivity (Wildman–Crippen MR) is 531 cm³/mol. The maximum Gasteiger partial charge on any atom is 0.305 e. The van der Waals surface area contributed by atoms with Crippen molar-refractivity contribution >= 4 is 176 Å². The van der Waals surface area contributed by atoms with Gasteiger partial charge in [0.1, 0.15) is 60.1 Å². The Balaban J connectivity index is 1.11. The number of nitrogens with one attached hydrogen (secondary N) is 11. The lowest BCUT2D eigenvalue weighted by Crippen LogP contribution is -2.61. The van der Waals surface area contributed by atoms with E-state index in [1.807, 2.05) is 0 Å². The fourth-order valence-electron chi connectivity index (χ4n) is 18.0. The smallest absolute Gasteiger partial charge is 0.305 e. The first-order chi connectivity index (χ1) is 68.7. The number of piperidine rings is 3. The van der Waals surface area contributed by atoms with Crippen LogP contribution >= 0.6 is 35.3 Å². The van der Waals surface area contributed by atoms with E-state index < -0.39 is 284 Å². The van der Waals surface area contributed by atoms with Gasteiger partial charge in [-0.1, -0.05) is 113 Å². The third-order valence-corrected chi connectivity index (χ3v) is 29.4. The molecule has 8 heterocycles. The van der Waals surface area contributed by atoms with Crippen molar-refractivity contribution in [3.63, 3.8) is 0 Å². The molecule has 15 atom stereocenters. The summed E-state index contributed by atoms with van der Waals surface area (Å²) in [5.74, 6) is -28.9. The highest BCUT2D eigenvalue weighted by molar-refractivity contribution is 8.00. The highest BCUT2D eigenvalue weighted by atomic mass is 32.2. The number of hydrogen-bond donors (Lipinski definition) is 18. The van der Waals surface area contributed by atoms with Gasteiger partial charge in [0.15, 0.2) is 11.6 Å². The molecule has 44 nitrogen and oxygen atoms in total. The van der Waals surface area contributed by atoms with Crippen molar-refractivity contribution in [2.75, 3.05) is 73.8 Å². The predicted octanol–water partition coefficient (Wildman–Crippen LogP) is -0.680. The lowest BCUT2D eigenvalue weighted by atomic mass is 9.81. The number of aliphatic carboxylic acids is 4. The average Bonchev–Trinajstić information content (AvgIpc) is 0.812. The van der Waals surface area contributed by atoms with E-state index in [0.29, 0.717) is 73.5 Å². The van der Waals surface area contributed by atoms with Crippen LogP contribution in [0.5, 0.6) is 5.75 Å². The molecule has 0 aliphatic carbocycles. The molecule has 12 rings (SSSR count). The minimum atomic E-state index is -2.24. The number of carboxylic acid groups (broad SMARTS) is 4. The number of nitrogens with two attached hydrogens (primary N) is 2. The van der Waals surface area contributed by atoms with E-state index in [-0.39, 0.29) is 103 Å². The molecule has 1 unspecified atom stereocenters. The van der Waals surface area contributed by atoms with Crippen molar-refractivity contribution in [2.24, 2.45) is 34.6 Å². The first-order valence-corrected chi connectivity index (χ1v) is 51.6. The number of carbonyl (C=O) groups excluding carboxylic acids is 18. The van der Waals surface area contributed by atoms with E-state index in [4.69, 9.17) is 11.5 Å². The molecule has 4 aromatic carbocycles. The largest absolute Gasteiger partial charge is 0.508 e. The minimum Gasteiger partial charge on any atom is -0.508 e. The van der Waals surface area contributed by atoms with Gasteiger partial charge >= 0.3 is 23.9 Å². The van der Waals surface area contributed by atoms with Gasteiger partial charge in [-0.25, -0.2) is 0 Å². The van der Waals surface area contributed by atoms with E-state index >= 15 is 24.0 Å². The molecule has 16 amide bonds. The van der Waals surface area contributed by atoms with Crippen LogP contribution in [-0.2, 0) is 125 Å². The lowest BCUT2D eigenvalue weighted by Gasteiger charge is -2.50. The summed E-state index contributed by atoms with van der Waals surface area (Å²) in [6.45, 7) is 10.3. The molecule has 0 aromatic heterocycles. The number of phenolic OH excluding ortho intramolecular Hbond substituents is 1. The van der Waals surface area contributed by atoms with Crippen LogP contribution in [0, 0.1) is 23.2 Å². The summed E-state index contributed by atoms with van der Waals surface area (Å²) in [5, 5.41) is 79.5. The Morgan fingerprint density at radius 1 is 0.386 bits per heavy atom. The number of carboxylic acids is 4. The van der Waals surface area contributed by atoms with E-state index in [0.717, 1.165) is 23.5 Å². The van der Waals surface area contributed by atoms with Gasteiger partial charge in [0, 0.05) is 125 Å². The Morgan fingerprint density at radius 3 is 1.28 bits per heavy atom. The Morgan fingerprint density at radius 2 is 0.793 bits per heavy atom. The molecule has 788 valence electrons. The fourth-order valence-corrected chi connectivity index (χ4v) is 21.0. The topological polar surface area (TPSA) is 674 Å². The highest BCUT2D eigenvalue weighted by Gasteiger charge is 2.45. The number of primary amides is 2. The summed E-state index contributed by atoms with van der Waals surface area (Å²) in [6, 6.07) is 4.24. The van der Waals surface area contributed by atoms with Crippen LogP contribution in [0.25, 0.3) is 10.8 Å². The van der Waals surface area contributed by atoms with Crippen LogP contribution in [0.4, 0.5) is 0 Å². The van der Waals surface area contributed by atoms with Crippen molar-refractivity contribution in [3.8, 4) is 5.75 Å². The van der Waals surface area contributed by atoms with Crippen molar-refractivity contribution < 1.29 is 131 Å². The Hall–Kier alpha value is -13.3. The Kier molecular flexibility index (Phi) is 43.8. The number of ketones is 2. The van der Waals surface area contributed by atoms with Gasteiger partial charge in [0.25, 0.3) is 0 Å². The number of Topliss-reactive ketones (excluding diaryl/α,β-unsaturated/α-hetero) is 2. The van der Waals surface area contributed by atoms with E-state index in [1.54, 1.807) is 103 Å². The number of benzene rings is 4. The summed E-state index contributed by atoms with van der Waals surface area (Å²) in [6.07, 6.45) is -6.36. The van der Waals surface area contributed by atoms with Crippen LogP contribution in [0.2, 0.25) is 0 Å². The van der Waals surface area contributed by atoms with Gasteiger partial charge in [-0.2, -0.15) is 23.5 Å². The van der Waals surface area contributed by atoms with Gasteiger partial charge < -0.3 is 110 Å². The summed E-state index contributed by atoms with van der Waals surface area (Å²) >= 11 is 3.04. The number of phenols is 1. The van der Waals surface area contributed by atoms with Gasteiger partial charge in [0.2, 0.25) is 94.5 Å². The van der Waals surface area contributed by atoms with Gasteiger partial charge in [0.05, 0.1) is 54.5 Å². The van der Waals surface area contributed by atoms with E-state index in [1.165, 1.54) is 62.0 Å². The van der Waals surface area contributed by atoms with Crippen LogP contribution < -0.4 is 70.0 Å². The maximum absolute atomic E-state index is 15.3. The Labute approximate surface area is 850 Å². The van der Waals surface area contributed by atoms with Gasteiger partial charge in [-0.15, -0.1) is 11.8 Å². The van der Waals surface area contributed by atoms with E-state index in [9.17, 15) is 107 Å². The summed E-state index contributed by atoms with van der Waals surface area (Å²) in [4.78, 5) is 319. The molecule has 0 saturated carbocycles. The summed E-state index contributed by atoms with van der Waals surface area (Å²) in [7, 11) is 0. The second-order valence-electron chi connectivity index (χ2n) is 38.3. The third-order valence-electron chi connectivity index (χ3n) is 26.1. The molecule has 4 aromatic rings. The normalized spacial score (nSPS) is 27.2. The fraction of sp³-hybridized carbons (Fsp3) is 0.551. The third kappa shape index (κ3) is 35.9. The monoisotopic (exact) mass is 2070 g/mol. The van der Waals surface area contributed by atoms with Crippen LogP contribution in [0.1, 0.15) is 155 Å². The standard InChI is InChI=1S/C98H131N17O27S3/c1-53-47-143-50-78(120)112-33-27-62(28-34-112)115-63-29-35-113(36-30-63)79(121)51-144-48-61(86(100)131)43-76(118)85(98(4,5)6)111-96(141)73(46-84(129)130)109-93(138)70(40-57-19-21-65(116)22-20-57)106-92(137)69(39-56-13-8-7-9-14-56)107-95(140)72(45-83(127)128)108-91(136)68(24-26-82(125)126)104-97(142)74(49-145-52-80(122)114-37-31-64(115)32-38-114)110-89(134)55(3)102-90(135)60(41-59-17-12-16-58-15-10-11-18-66(58)59)42-75(117)67(23-25-81(123)124)103-94(139)71(44-77(99)119)105-88(133)54(2)101-87(53)132/h7-22,53-55,60-64,67-74,85,116H,23-52H2,1-6H3,(H2,99,119)(H2,100,131)(H,101,132)(H,102,135)(H,103,139)(H,104,142)(H,105,133)(H,106,137)(H,107,140)(H,108,136)(H,109,138)(H,110,134)(H,111,141)(H,123,124)(H,125,126)(H,127,128)(H,129,130)/t53-,54+,55+,60+,61-,67-,68-,69-,70-,71-,72-,73-,74-,85+/m0/s1. The molecule has 20 N–H and O–H groups in total. The number of thioether (sulfide) groups is 3. The quantitative estimate of drug-likeness (QED) is 0.0517. The first kappa shape index (κ1) is 115. The van der Waals surface area contributed by atoms with Crippen molar-refractivity contribution in [3.05, 3.63) is 114 Å². The molecule has 47 heteroatoms. The van der Waals surface area contributed by atoms with Crippen LogP contribution in [0.15, 0.2) is 97.1 Å². The molecule has 8 bridgehead atoms. The number of hydrogen-bond acceptors (Lipinski definition) is 27. The van der Waals surface area contributed by atoms with Crippen molar-refractivity contribution in [1.29, 1.82) is 0 Å². The zero-order valence-electron chi connectivity index (χ0n) is 81.7. The number of rotatable bonds is 19.